The van der Waals surface area contributed by atoms with E-state index in [-0.39, 0.29) is 49.2 Å². The fraction of sp³-hybridized carbons (Fsp3) is 0.667. The van der Waals surface area contributed by atoms with Crippen LogP contribution in [-0.4, -0.2) is 138 Å². The van der Waals surface area contributed by atoms with Crippen molar-refractivity contribution in [3.63, 3.8) is 0 Å². The number of nitrogens with one attached hydrogen (secondary N) is 6. The van der Waals surface area contributed by atoms with E-state index in [1.54, 1.807) is 12.4 Å². The van der Waals surface area contributed by atoms with Gasteiger partial charge in [0.25, 0.3) is 0 Å². The molecule has 0 aromatic carbocycles. The third-order valence-electron chi connectivity index (χ3n) is 12.9. The number of anilines is 2. The van der Waals surface area contributed by atoms with Crippen LogP contribution in [0, 0.1) is 25.7 Å². The number of carbonyl (C=O) groups is 2. The molecule has 58 heavy (non-hydrogen) atoms. The highest BCUT2D eigenvalue weighted by molar-refractivity contribution is 5.90. The van der Waals surface area contributed by atoms with E-state index in [0.717, 1.165) is 112 Å². The Balaban J connectivity index is 0.000000177. The van der Waals surface area contributed by atoms with E-state index in [1.807, 2.05) is 26.0 Å². The fourth-order valence-corrected chi connectivity index (χ4v) is 9.34. The Morgan fingerprint density at radius 1 is 0.672 bits per heavy atom. The molecule has 4 fully saturated rings. The first-order chi connectivity index (χ1) is 28.1. The van der Waals surface area contributed by atoms with Gasteiger partial charge in [-0.3, -0.25) is 29.6 Å². The summed E-state index contributed by atoms with van der Waals surface area (Å²) in [5.41, 5.74) is 3.54. The van der Waals surface area contributed by atoms with Crippen LogP contribution in [0.2, 0.25) is 0 Å². The average molecular weight is 801 g/mol. The van der Waals surface area contributed by atoms with E-state index in [1.165, 1.54) is 0 Å². The van der Waals surface area contributed by atoms with Crippen molar-refractivity contribution in [3.8, 4) is 0 Å². The van der Waals surface area contributed by atoms with Crippen molar-refractivity contribution in [1.29, 1.82) is 0 Å². The van der Waals surface area contributed by atoms with Crippen LogP contribution in [0.3, 0.4) is 0 Å². The summed E-state index contributed by atoms with van der Waals surface area (Å²) < 4.78 is 0. The Morgan fingerprint density at radius 3 is 1.41 bits per heavy atom. The monoisotopic (exact) mass is 801 g/mol. The number of pyridine rings is 2. The molecule has 0 bridgehead atoms. The van der Waals surface area contributed by atoms with Gasteiger partial charge in [0.15, 0.2) is 22.9 Å². The van der Waals surface area contributed by atoms with Crippen molar-refractivity contribution in [2.24, 2.45) is 11.8 Å². The van der Waals surface area contributed by atoms with Gasteiger partial charge in [-0.2, -0.15) is 10.2 Å². The van der Waals surface area contributed by atoms with Crippen molar-refractivity contribution >= 4 is 45.5 Å². The summed E-state index contributed by atoms with van der Waals surface area (Å²) in [6, 6.07) is 5.67. The van der Waals surface area contributed by atoms with Crippen LogP contribution in [0.5, 0.6) is 0 Å². The minimum absolute atomic E-state index is 0.0128. The topological polar surface area (TPSA) is 212 Å². The molecule has 316 valence electrons. The van der Waals surface area contributed by atoms with Gasteiger partial charge in [-0.1, -0.05) is 13.8 Å². The van der Waals surface area contributed by atoms with Crippen LogP contribution in [0.1, 0.15) is 89.2 Å². The highest BCUT2D eigenvalue weighted by atomic mass is 16.3. The second kappa shape index (κ2) is 19.1. The molecule has 2 amide bonds. The fourth-order valence-electron chi connectivity index (χ4n) is 9.34. The zero-order chi connectivity index (χ0) is 40.8. The van der Waals surface area contributed by atoms with Crippen molar-refractivity contribution in [1.82, 2.24) is 50.8 Å². The summed E-state index contributed by atoms with van der Waals surface area (Å²) in [5.74, 6) is 2.23. The lowest BCUT2D eigenvalue weighted by Gasteiger charge is -2.47. The van der Waals surface area contributed by atoms with Crippen LogP contribution < -0.4 is 21.3 Å². The number of nitrogens with zero attached hydrogens (tertiary/aromatic N) is 6. The first-order valence-electron chi connectivity index (χ1n) is 21.6. The molecule has 4 aromatic heterocycles. The number of hydrogen-bond donors (Lipinski definition) is 8. The lowest BCUT2D eigenvalue weighted by molar-refractivity contribution is -0.122. The molecule has 16 heteroatoms. The van der Waals surface area contributed by atoms with E-state index in [4.69, 9.17) is 0 Å². The number of amides is 2. The van der Waals surface area contributed by atoms with Crippen molar-refractivity contribution in [2.45, 2.75) is 128 Å². The number of aliphatic hydroxyl groups is 2. The highest BCUT2D eigenvalue weighted by Crippen LogP contribution is 2.34. The molecule has 6 heterocycles. The minimum atomic E-state index is -0.141. The molecule has 0 radical (unpaired) electrons. The van der Waals surface area contributed by atoms with Gasteiger partial charge in [-0.05, 0) is 113 Å². The van der Waals surface area contributed by atoms with E-state index < -0.39 is 0 Å². The Labute approximate surface area is 341 Å². The summed E-state index contributed by atoms with van der Waals surface area (Å²) >= 11 is 0. The van der Waals surface area contributed by atoms with Crippen molar-refractivity contribution in [2.75, 3.05) is 49.9 Å². The number of aliphatic hydroxyl groups excluding tert-OH is 2. The number of H-pyrrole nitrogens is 2. The lowest BCUT2D eigenvalue weighted by Crippen LogP contribution is -2.63. The molecule has 2 saturated heterocycles. The Hall–Kier alpha value is -4.38. The van der Waals surface area contributed by atoms with Gasteiger partial charge in [-0.25, -0.2) is 9.97 Å². The van der Waals surface area contributed by atoms with Gasteiger partial charge in [-0.15, -0.1) is 0 Å². The van der Waals surface area contributed by atoms with Gasteiger partial charge < -0.3 is 31.5 Å². The number of likely N-dealkylation sites (tertiary alicyclic amines) is 2. The molecule has 2 atom stereocenters. The van der Waals surface area contributed by atoms with Gasteiger partial charge >= 0.3 is 0 Å². The van der Waals surface area contributed by atoms with Gasteiger partial charge in [0.05, 0.1) is 48.2 Å². The Kier molecular flexibility index (Phi) is 13.8. The molecule has 8 rings (SSSR count). The maximum absolute atomic E-state index is 12.3. The average Bonchev–Trinajstić information content (AvgIpc) is 3.81. The van der Waals surface area contributed by atoms with Crippen LogP contribution in [0.4, 0.5) is 11.6 Å². The maximum Gasteiger partial charge on any atom is 0.239 e. The quantitative estimate of drug-likeness (QED) is 0.0920. The smallest absolute Gasteiger partial charge is 0.239 e. The Morgan fingerprint density at radius 2 is 1.05 bits per heavy atom. The molecule has 8 N–H and O–H groups in total. The number of fused-ring (bicyclic) bond motifs is 2. The number of carbonyl (C=O) groups excluding carboxylic acids is 2. The van der Waals surface area contributed by atoms with E-state index in [2.05, 4.69) is 75.3 Å². The molecule has 2 saturated carbocycles. The summed E-state index contributed by atoms with van der Waals surface area (Å²) in [7, 11) is 0. The largest absolute Gasteiger partial charge is 0.393 e. The number of rotatable bonds is 14. The first kappa shape index (κ1) is 41.8. The summed E-state index contributed by atoms with van der Waals surface area (Å²) in [6.45, 7) is 12.2. The first-order valence-corrected chi connectivity index (χ1v) is 21.6. The minimum Gasteiger partial charge on any atom is -0.393 e. The van der Waals surface area contributed by atoms with E-state index in [9.17, 15) is 19.8 Å². The molecule has 4 aliphatic rings. The number of aromatic amines is 2. The van der Waals surface area contributed by atoms with Crippen LogP contribution >= 0.6 is 0 Å². The zero-order valence-electron chi connectivity index (χ0n) is 34.6. The number of aromatic nitrogens is 6. The second-order valence-electron chi connectivity index (χ2n) is 17.2. The normalized spacial score (nSPS) is 24.2. The molecule has 2 unspecified atom stereocenters. The SMILES string of the molecule is CCC(O)C1CCC(N2CC(NC(=O)CNc3n[nH]c4ncc(C)cc34)C2)CC1.CCC(O)C1CCC(N2CC(NC(=O)CNc3n[nH]c4ncc(C)cc34)C2)CC1. The van der Waals surface area contributed by atoms with Crippen LogP contribution in [0.15, 0.2) is 24.5 Å². The second-order valence-corrected chi connectivity index (χ2v) is 17.2. The maximum atomic E-state index is 12.3. The standard InChI is InChI=1S/2C21H32N6O2/c2*1-3-18(28)14-4-6-16(7-5-14)27-11-15(12-27)24-19(29)10-23-21-17-8-13(2)9-22-20(17)25-26-21/h2*8-9,14-16,18,28H,3-7,10-12H2,1-2H3,(H,24,29)(H2,22,23,25,26). The molecular formula is C42H64N12O4. The molecule has 16 nitrogen and oxygen atoms in total. The van der Waals surface area contributed by atoms with Crippen LogP contribution in [-0.2, 0) is 9.59 Å². The predicted molar refractivity (Wildman–Crippen MR) is 225 cm³/mol. The Bertz CT molecular complexity index is 1820. The highest BCUT2D eigenvalue weighted by Gasteiger charge is 2.37. The van der Waals surface area contributed by atoms with Gasteiger partial charge in [0.1, 0.15) is 0 Å². The summed E-state index contributed by atoms with van der Waals surface area (Å²) in [4.78, 5) is 38.1. The summed E-state index contributed by atoms with van der Waals surface area (Å²) in [6.07, 6.45) is 14.1. The van der Waals surface area contributed by atoms with Crippen molar-refractivity contribution < 1.29 is 19.8 Å². The third-order valence-corrected chi connectivity index (χ3v) is 12.9. The van der Waals surface area contributed by atoms with Crippen LogP contribution in [0.25, 0.3) is 22.1 Å². The molecule has 2 aliphatic heterocycles. The van der Waals surface area contributed by atoms with Gasteiger partial charge in [0, 0.05) is 50.7 Å². The van der Waals surface area contributed by atoms with E-state index in [0.29, 0.717) is 46.8 Å². The zero-order valence-corrected chi connectivity index (χ0v) is 34.6. The molecule has 2 aliphatic carbocycles. The van der Waals surface area contributed by atoms with E-state index >= 15 is 0 Å². The predicted octanol–water partition coefficient (Wildman–Crippen LogP) is 3.62. The lowest BCUT2D eigenvalue weighted by atomic mass is 9.80. The van der Waals surface area contributed by atoms with Gasteiger partial charge in [0.2, 0.25) is 11.8 Å². The molecule has 0 spiro atoms. The molecular weight excluding hydrogens is 737 g/mol. The van der Waals surface area contributed by atoms with Crippen molar-refractivity contribution in [3.05, 3.63) is 35.7 Å². The number of hydrogen-bond acceptors (Lipinski definition) is 12. The third kappa shape index (κ3) is 10.2. The summed E-state index contributed by atoms with van der Waals surface area (Å²) in [5, 5.41) is 48.5. The number of aryl methyl sites for hydroxylation is 2. The molecule has 4 aromatic rings.